The summed E-state index contributed by atoms with van der Waals surface area (Å²) in [5.74, 6) is -0.461. The van der Waals surface area contributed by atoms with Crippen LogP contribution in [-0.2, 0) is 4.74 Å². The maximum absolute atomic E-state index is 11.8. The average molecular weight is 289 g/mol. The normalized spacial score (nSPS) is 10.7. The summed E-state index contributed by atoms with van der Waals surface area (Å²) in [5, 5.41) is 0.0887. The summed E-state index contributed by atoms with van der Waals surface area (Å²) < 4.78 is 4.96. The van der Waals surface area contributed by atoms with Crippen molar-refractivity contribution in [2.24, 2.45) is 0 Å². The van der Waals surface area contributed by atoms with Crippen LogP contribution in [0.25, 0.3) is 12.2 Å². The Labute approximate surface area is 122 Å². The van der Waals surface area contributed by atoms with Crippen LogP contribution in [0.15, 0.2) is 36.5 Å². The first-order valence-electron chi connectivity index (χ1n) is 6.13. The first-order valence-corrected chi connectivity index (χ1v) is 6.51. The highest BCUT2D eigenvalue weighted by Gasteiger charge is 2.13. The number of benzene rings is 1. The lowest BCUT2D eigenvalue weighted by molar-refractivity contribution is 0.0525. The molecule has 20 heavy (non-hydrogen) atoms. The maximum atomic E-state index is 11.8. The van der Waals surface area contributed by atoms with E-state index in [-0.39, 0.29) is 5.28 Å². The highest BCUT2D eigenvalue weighted by molar-refractivity contribution is 6.28. The van der Waals surface area contributed by atoms with Crippen LogP contribution in [0, 0.1) is 0 Å². The molecule has 1 aromatic heterocycles. The van der Waals surface area contributed by atoms with E-state index in [0.717, 1.165) is 5.56 Å². The molecule has 2 aromatic rings. The number of carbonyl (C=O) groups is 1. The van der Waals surface area contributed by atoms with Crippen LogP contribution in [-0.4, -0.2) is 22.5 Å². The summed E-state index contributed by atoms with van der Waals surface area (Å²) in [6.07, 6.45) is 4.94. The molecule has 0 atom stereocenters. The molecule has 4 nitrogen and oxygen atoms in total. The van der Waals surface area contributed by atoms with Gasteiger partial charge in [0.15, 0.2) is 0 Å². The number of esters is 1. The lowest BCUT2D eigenvalue weighted by atomic mass is 10.1. The number of ether oxygens (including phenoxy) is 1. The number of hydrogen-bond donors (Lipinski definition) is 0. The predicted molar refractivity (Wildman–Crippen MR) is 78.4 cm³/mol. The number of rotatable bonds is 4. The summed E-state index contributed by atoms with van der Waals surface area (Å²) in [4.78, 5) is 19.7. The first-order chi connectivity index (χ1) is 9.70. The summed E-state index contributed by atoms with van der Waals surface area (Å²) in [6.45, 7) is 2.04. The molecule has 0 bridgehead atoms. The van der Waals surface area contributed by atoms with E-state index >= 15 is 0 Å². The van der Waals surface area contributed by atoms with Crippen LogP contribution in [0.1, 0.15) is 28.5 Å². The third-order valence-electron chi connectivity index (χ3n) is 2.52. The Morgan fingerprint density at radius 1 is 1.30 bits per heavy atom. The number of carbonyl (C=O) groups excluding carboxylic acids is 1. The van der Waals surface area contributed by atoms with Crippen LogP contribution in [0.4, 0.5) is 0 Å². The van der Waals surface area contributed by atoms with E-state index in [1.165, 1.54) is 6.20 Å². The van der Waals surface area contributed by atoms with Crippen LogP contribution in [0.3, 0.4) is 0 Å². The molecule has 0 saturated heterocycles. The van der Waals surface area contributed by atoms with Gasteiger partial charge in [0.2, 0.25) is 5.28 Å². The van der Waals surface area contributed by atoms with Gasteiger partial charge in [-0.2, -0.15) is 0 Å². The Hall–Kier alpha value is -2.20. The van der Waals surface area contributed by atoms with E-state index in [4.69, 9.17) is 16.3 Å². The van der Waals surface area contributed by atoms with Crippen molar-refractivity contribution < 1.29 is 9.53 Å². The molecule has 0 aliphatic heterocycles. The topological polar surface area (TPSA) is 52.1 Å². The molecule has 5 heteroatoms. The van der Waals surface area contributed by atoms with Crippen LogP contribution in [0.5, 0.6) is 0 Å². The van der Waals surface area contributed by atoms with E-state index in [1.54, 1.807) is 13.0 Å². The number of halogens is 1. The van der Waals surface area contributed by atoms with Crippen molar-refractivity contribution in [2.45, 2.75) is 6.92 Å². The van der Waals surface area contributed by atoms with E-state index in [1.807, 2.05) is 36.4 Å². The zero-order valence-electron chi connectivity index (χ0n) is 10.9. The fraction of sp³-hybridized carbons (Fsp3) is 0.133. The first kappa shape index (κ1) is 14.2. The maximum Gasteiger partial charge on any atom is 0.341 e. The minimum atomic E-state index is -0.461. The van der Waals surface area contributed by atoms with Crippen molar-refractivity contribution in [1.82, 2.24) is 9.97 Å². The summed E-state index contributed by atoms with van der Waals surface area (Å²) in [5.41, 5.74) is 1.73. The van der Waals surface area contributed by atoms with Gasteiger partial charge in [-0.05, 0) is 30.2 Å². The molecule has 0 N–H and O–H groups in total. The Balaban J connectivity index is 2.32. The Morgan fingerprint density at radius 3 is 2.75 bits per heavy atom. The summed E-state index contributed by atoms with van der Waals surface area (Å²) in [7, 11) is 0. The number of aromatic nitrogens is 2. The highest BCUT2D eigenvalue weighted by Crippen LogP contribution is 2.14. The smallest absolute Gasteiger partial charge is 0.341 e. The van der Waals surface area contributed by atoms with Gasteiger partial charge in [-0.3, -0.25) is 0 Å². The third kappa shape index (κ3) is 3.65. The van der Waals surface area contributed by atoms with Crippen molar-refractivity contribution in [2.75, 3.05) is 6.61 Å². The quantitative estimate of drug-likeness (QED) is 0.638. The molecule has 0 aliphatic rings. The zero-order chi connectivity index (χ0) is 14.4. The fourth-order valence-electron chi connectivity index (χ4n) is 1.60. The molecule has 1 aromatic carbocycles. The molecule has 0 amide bonds. The molecule has 102 valence electrons. The molecular weight excluding hydrogens is 276 g/mol. The van der Waals surface area contributed by atoms with Gasteiger partial charge in [0, 0.05) is 6.20 Å². The molecule has 0 aliphatic carbocycles. The lowest BCUT2D eigenvalue weighted by Gasteiger charge is -2.04. The standard InChI is InChI=1S/C15H13ClN2O2/c1-2-20-14(19)12-10-17-15(16)18-13(12)9-8-11-6-4-3-5-7-11/h3-10H,2H2,1H3/b9-8+. The van der Waals surface area contributed by atoms with E-state index in [0.29, 0.717) is 17.9 Å². The van der Waals surface area contributed by atoms with Gasteiger partial charge in [-0.15, -0.1) is 0 Å². The fourth-order valence-corrected chi connectivity index (χ4v) is 1.74. The number of hydrogen-bond acceptors (Lipinski definition) is 4. The van der Waals surface area contributed by atoms with E-state index < -0.39 is 5.97 Å². The van der Waals surface area contributed by atoms with Crippen molar-refractivity contribution in [3.63, 3.8) is 0 Å². The van der Waals surface area contributed by atoms with Crippen LogP contribution < -0.4 is 0 Å². The van der Waals surface area contributed by atoms with E-state index in [2.05, 4.69) is 9.97 Å². The SMILES string of the molecule is CCOC(=O)c1cnc(Cl)nc1/C=C/c1ccccc1. The van der Waals surface area contributed by atoms with Crippen LogP contribution in [0.2, 0.25) is 5.28 Å². The third-order valence-corrected chi connectivity index (χ3v) is 2.70. The van der Waals surface area contributed by atoms with Crippen LogP contribution >= 0.6 is 11.6 Å². The summed E-state index contributed by atoms with van der Waals surface area (Å²) >= 11 is 5.77. The van der Waals surface area contributed by atoms with Gasteiger partial charge in [-0.25, -0.2) is 14.8 Å². The van der Waals surface area contributed by atoms with Crippen molar-refractivity contribution >= 4 is 29.7 Å². The molecular formula is C15H13ClN2O2. The zero-order valence-corrected chi connectivity index (χ0v) is 11.7. The molecule has 1 heterocycles. The lowest BCUT2D eigenvalue weighted by Crippen LogP contribution is -2.08. The van der Waals surface area contributed by atoms with Gasteiger partial charge in [0.1, 0.15) is 5.56 Å². The molecule has 0 saturated carbocycles. The van der Waals surface area contributed by atoms with E-state index in [9.17, 15) is 4.79 Å². The second-order valence-corrected chi connectivity index (χ2v) is 4.24. The minimum absolute atomic E-state index is 0.0887. The summed E-state index contributed by atoms with van der Waals surface area (Å²) in [6, 6.07) is 9.69. The average Bonchev–Trinajstić information content (AvgIpc) is 2.46. The molecule has 2 rings (SSSR count). The van der Waals surface area contributed by atoms with Gasteiger partial charge in [0.25, 0.3) is 0 Å². The monoisotopic (exact) mass is 288 g/mol. The largest absolute Gasteiger partial charge is 0.462 e. The minimum Gasteiger partial charge on any atom is -0.462 e. The molecule has 0 spiro atoms. The second-order valence-electron chi connectivity index (χ2n) is 3.90. The Morgan fingerprint density at radius 2 is 2.05 bits per heavy atom. The highest BCUT2D eigenvalue weighted by atomic mass is 35.5. The Bertz CT molecular complexity index is 627. The predicted octanol–water partition coefficient (Wildman–Crippen LogP) is 3.48. The van der Waals surface area contributed by atoms with Crippen molar-refractivity contribution in [1.29, 1.82) is 0 Å². The van der Waals surface area contributed by atoms with Crippen molar-refractivity contribution in [3.05, 3.63) is 58.6 Å². The molecule has 0 radical (unpaired) electrons. The van der Waals surface area contributed by atoms with Crippen molar-refractivity contribution in [3.8, 4) is 0 Å². The Kier molecular flexibility index (Phi) is 4.85. The molecule has 0 fully saturated rings. The van der Waals surface area contributed by atoms with Gasteiger partial charge in [0.05, 0.1) is 12.3 Å². The van der Waals surface area contributed by atoms with Gasteiger partial charge in [-0.1, -0.05) is 36.4 Å². The van der Waals surface area contributed by atoms with Gasteiger partial charge >= 0.3 is 5.97 Å². The molecule has 0 unspecified atom stereocenters. The second kappa shape index (κ2) is 6.82. The van der Waals surface area contributed by atoms with Gasteiger partial charge < -0.3 is 4.74 Å². The number of nitrogens with zero attached hydrogens (tertiary/aromatic N) is 2.